The maximum absolute atomic E-state index is 5.54. The van der Waals surface area contributed by atoms with E-state index in [4.69, 9.17) is 9.84 Å². The summed E-state index contributed by atoms with van der Waals surface area (Å²) in [6, 6.07) is 22.9. The van der Waals surface area contributed by atoms with Crippen molar-refractivity contribution in [2.24, 2.45) is 0 Å². The van der Waals surface area contributed by atoms with Gasteiger partial charge in [0.1, 0.15) is 5.75 Å². The van der Waals surface area contributed by atoms with Gasteiger partial charge in [-0.15, -0.1) is 0 Å². The fraction of sp³-hybridized carbons (Fsp3) is 0.280. The summed E-state index contributed by atoms with van der Waals surface area (Å²) < 4.78 is 7.56. The van der Waals surface area contributed by atoms with Gasteiger partial charge in [-0.25, -0.2) is 9.50 Å². The Morgan fingerprint density at radius 3 is 2.73 bits per heavy atom. The molecule has 2 aromatic heterocycles. The number of hydrogen-bond acceptors (Lipinski definition) is 4. The van der Waals surface area contributed by atoms with E-state index in [1.165, 1.54) is 24.1 Å². The number of likely N-dealkylation sites (tertiary alicyclic amines) is 1. The zero-order valence-corrected chi connectivity index (χ0v) is 17.2. The van der Waals surface area contributed by atoms with E-state index in [2.05, 4.69) is 46.3 Å². The first-order valence-electron chi connectivity index (χ1n) is 10.6. The Morgan fingerprint density at radius 2 is 1.87 bits per heavy atom. The number of para-hydroxylation sites is 1. The first kappa shape index (κ1) is 18.8. The fourth-order valence-electron chi connectivity index (χ4n) is 4.49. The summed E-state index contributed by atoms with van der Waals surface area (Å²) in [5, 5.41) is 4.93. The lowest BCUT2D eigenvalue weighted by atomic mass is 9.94. The Morgan fingerprint density at radius 1 is 1.03 bits per heavy atom. The highest BCUT2D eigenvalue weighted by Gasteiger charge is 2.24. The van der Waals surface area contributed by atoms with E-state index in [1.54, 1.807) is 7.11 Å². The van der Waals surface area contributed by atoms with Crippen molar-refractivity contribution >= 4 is 5.65 Å². The molecule has 0 amide bonds. The van der Waals surface area contributed by atoms with Crippen LogP contribution in [0.1, 0.15) is 30.0 Å². The zero-order chi connectivity index (χ0) is 20.3. The molecule has 0 N–H and O–H groups in total. The Kier molecular flexibility index (Phi) is 5.20. The average molecular weight is 399 g/mol. The van der Waals surface area contributed by atoms with Crippen molar-refractivity contribution in [2.75, 3.05) is 20.2 Å². The molecule has 1 fully saturated rings. The van der Waals surface area contributed by atoms with Gasteiger partial charge in [0, 0.05) is 36.8 Å². The van der Waals surface area contributed by atoms with Crippen molar-refractivity contribution in [1.82, 2.24) is 19.5 Å². The molecule has 1 aliphatic heterocycles. The van der Waals surface area contributed by atoms with Crippen LogP contribution in [0.4, 0.5) is 0 Å². The Bertz CT molecular complexity index is 1140. The maximum atomic E-state index is 5.54. The SMILES string of the molecule is COc1ccccc1-c1cc2nccc(C3CCCN(Cc4ccccc4)C3)n2n1. The Balaban J connectivity index is 1.45. The molecule has 4 aromatic rings. The first-order valence-corrected chi connectivity index (χ1v) is 10.6. The van der Waals surface area contributed by atoms with Gasteiger partial charge in [-0.2, -0.15) is 5.10 Å². The van der Waals surface area contributed by atoms with Crippen LogP contribution in [0.5, 0.6) is 5.75 Å². The first-order chi connectivity index (χ1) is 14.8. The predicted molar refractivity (Wildman–Crippen MR) is 119 cm³/mol. The van der Waals surface area contributed by atoms with E-state index in [0.717, 1.165) is 42.3 Å². The Labute approximate surface area is 176 Å². The van der Waals surface area contributed by atoms with E-state index in [1.807, 2.05) is 41.0 Å². The highest BCUT2D eigenvalue weighted by molar-refractivity contribution is 5.70. The minimum Gasteiger partial charge on any atom is -0.496 e. The van der Waals surface area contributed by atoms with Crippen molar-refractivity contribution in [3.8, 4) is 17.0 Å². The van der Waals surface area contributed by atoms with E-state index in [0.29, 0.717) is 5.92 Å². The molecule has 1 aliphatic rings. The molecular formula is C25H26N4O. The number of aromatic nitrogens is 3. The molecular weight excluding hydrogens is 372 g/mol. The predicted octanol–water partition coefficient (Wildman–Crippen LogP) is 4.78. The summed E-state index contributed by atoms with van der Waals surface area (Å²) in [5.74, 6) is 1.27. The molecule has 3 heterocycles. The number of methoxy groups -OCH3 is 1. The monoisotopic (exact) mass is 398 g/mol. The van der Waals surface area contributed by atoms with Crippen LogP contribution in [-0.4, -0.2) is 39.7 Å². The Hall–Kier alpha value is -3.18. The molecule has 2 aromatic carbocycles. The third-order valence-corrected chi connectivity index (χ3v) is 5.94. The molecule has 5 rings (SSSR count). The number of piperidine rings is 1. The molecule has 5 nitrogen and oxygen atoms in total. The van der Waals surface area contributed by atoms with Gasteiger partial charge in [-0.3, -0.25) is 4.90 Å². The largest absolute Gasteiger partial charge is 0.496 e. The third-order valence-electron chi connectivity index (χ3n) is 5.94. The second-order valence-electron chi connectivity index (χ2n) is 7.93. The summed E-state index contributed by atoms with van der Waals surface area (Å²) in [4.78, 5) is 7.13. The molecule has 0 aliphatic carbocycles. The van der Waals surface area contributed by atoms with Crippen LogP contribution in [-0.2, 0) is 6.54 Å². The van der Waals surface area contributed by atoms with Gasteiger partial charge in [0.2, 0.25) is 0 Å². The molecule has 0 bridgehead atoms. The standard InChI is InChI=1S/C25H26N4O/c1-30-24-12-6-5-11-21(24)22-16-25-26-14-13-23(29(25)27-22)20-10-7-15-28(18-20)17-19-8-3-2-4-9-19/h2-6,8-9,11-14,16,20H,7,10,15,17-18H2,1H3. The number of rotatable bonds is 5. The summed E-state index contributed by atoms with van der Waals surface area (Å²) in [5.41, 5.74) is 5.37. The molecule has 152 valence electrons. The van der Waals surface area contributed by atoms with Gasteiger partial charge in [0.05, 0.1) is 18.5 Å². The molecule has 1 unspecified atom stereocenters. The van der Waals surface area contributed by atoms with Crippen molar-refractivity contribution in [3.63, 3.8) is 0 Å². The number of nitrogens with zero attached hydrogens (tertiary/aromatic N) is 4. The molecule has 0 radical (unpaired) electrons. The average Bonchev–Trinajstić information content (AvgIpc) is 3.24. The normalized spacial score (nSPS) is 17.3. The van der Waals surface area contributed by atoms with Crippen LogP contribution in [0.25, 0.3) is 16.9 Å². The van der Waals surface area contributed by atoms with Crippen LogP contribution in [0.2, 0.25) is 0 Å². The number of fused-ring (bicyclic) bond motifs is 1. The smallest absolute Gasteiger partial charge is 0.155 e. The minimum atomic E-state index is 0.443. The van der Waals surface area contributed by atoms with Gasteiger partial charge < -0.3 is 4.74 Å². The summed E-state index contributed by atoms with van der Waals surface area (Å²) in [7, 11) is 1.70. The highest BCUT2D eigenvalue weighted by atomic mass is 16.5. The third kappa shape index (κ3) is 3.68. The highest BCUT2D eigenvalue weighted by Crippen LogP contribution is 2.32. The van der Waals surface area contributed by atoms with E-state index in [-0.39, 0.29) is 0 Å². The summed E-state index contributed by atoms with van der Waals surface area (Å²) in [6.45, 7) is 3.18. The maximum Gasteiger partial charge on any atom is 0.155 e. The lowest BCUT2D eigenvalue weighted by molar-refractivity contribution is 0.197. The van der Waals surface area contributed by atoms with E-state index >= 15 is 0 Å². The van der Waals surface area contributed by atoms with Crippen molar-refractivity contribution in [1.29, 1.82) is 0 Å². The van der Waals surface area contributed by atoms with E-state index < -0.39 is 0 Å². The molecule has 1 saturated heterocycles. The van der Waals surface area contributed by atoms with E-state index in [9.17, 15) is 0 Å². The molecule has 30 heavy (non-hydrogen) atoms. The van der Waals surface area contributed by atoms with Gasteiger partial charge in [0.15, 0.2) is 5.65 Å². The topological polar surface area (TPSA) is 42.7 Å². The molecule has 0 spiro atoms. The minimum absolute atomic E-state index is 0.443. The number of ether oxygens (including phenoxy) is 1. The molecule has 5 heteroatoms. The number of benzene rings is 2. The van der Waals surface area contributed by atoms with Crippen molar-refractivity contribution in [3.05, 3.63) is 84.2 Å². The molecule has 0 saturated carbocycles. The van der Waals surface area contributed by atoms with Crippen LogP contribution in [0.3, 0.4) is 0 Å². The zero-order valence-electron chi connectivity index (χ0n) is 17.2. The second kappa shape index (κ2) is 8.28. The van der Waals surface area contributed by atoms with Crippen LogP contribution >= 0.6 is 0 Å². The van der Waals surface area contributed by atoms with Gasteiger partial charge in [-0.05, 0) is 43.1 Å². The lowest BCUT2D eigenvalue weighted by Crippen LogP contribution is -2.34. The van der Waals surface area contributed by atoms with Crippen LogP contribution < -0.4 is 4.74 Å². The number of hydrogen-bond donors (Lipinski definition) is 0. The summed E-state index contributed by atoms with van der Waals surface area (Å²) >= 11 is 0. The van der Waals surface area contributed by atoms with Gasteiger partial charge in [0.25, 0.3) is 0 Å². The van der Waals surface area contributed by atoms with Crippen LogP contribution in [0, 0.1) is 0 Å². The van der Waals surface area contributed by atoms with Gasteiger partial charge >= 0.3 is 0 Å². The quantitative estimate of drug-likeness (QED) is 0.485. The van der Waals surface area contributed by atoms with Crippen LogP contribution in [0.15, 0.2) is 72.9 Å². The lowest BCUT2D eigenvalue weighted by Gasteiger charge is -2.33. The van der Waals surface area contributed by atoms with Crippen molar-refractivity contribution in [2.45, 2.75) is 25.3 Å². The fourth-order valence-corrected chi connectivity index (χ4v) is 4.49. The summed E-state index contributed by atoms with van der Waals surface area (Å²) in [6.07, 6.45) is 4.28. The van der Waals surface area contributed by atoms with Crippen molar-refractivity contribution < 1.29 is 4.74 Å². The van der Waals surface area contributed by atoms with Gasteiger partial charge in [-0.1, -0.05) is 42.5 Å². The second-order valence-corrected chi connectivity index (χ2v) is 7.93. The molecule has 1 atom stereocenters.